The van der Waals surface area contributed by atoms with Gasteiger partial charge in [-0.2, -0.15) is 5.10 Å². The summed E-state index contributed by atoms with van der Waals surface area (Å²) in [4.78, 5) is 26.8. The molecule has 1 N–H and O–H groups in total. The average molecular weight is 278 g/mol. The van der Waals surface area contributed by atoms with Crippen LogP contribution in [0.4, 0.5) is 5.69 Å². The van der Waals surface area contributed by atoms with Gasteiger partial charge in [-0.05, 0) is 26.7 Å². The number of hydrogen-bond acceptors (Lipinski definition) is 3. The molecule has 0 bridgehead atoms. The van der Waals surface area contributed by atoms with Gasteiger partial charge in [0.15, 0.2) is 0 Å². The molecule has 0 saturated carbocycles. The molecule has 0 spiro atoms. The number of carbonyl (C=O) groups is 2. The Labute approximate surface area is 119 Å². The zero-order valence-corrected chi connectivity index (χ0v) is 12.7. The van der Waals surface area contributed by atoms with Gasteiger partial charge in [-0.3, -0.25) is 19.2 Å². The van der Waals surface area contributed by atoms with Crippen molar-refractivity contribution in [2.24, 2.45) is 7.05 Å². The van der Waals surface area contributed by atoms with Crippen molar-refractivity contribution in [3.8, 4) is 0 Å². The second kappa shape index (κ2) is 4.92. The fourth-order valence-electron chi connectivity index (χ4n) is 2.64. The molecule has 1 aliphatic heterocycles. The van der Waals surface area contributed by atoms with Crippen LogP contribution in [-0.2, 0) is 16.6 Å². The molecule has 1 fully saturated rings. The average Bonchev–Trinajstić information content (AvgIpc) is 2.72. The topological polar surface area (TPSA) is 67.2 Å². The van der Waals surface area contributed by atoms with E-state index in [0.717, 1.165) is 11.4 Å². The van der Waals surface area contributed by atoms with Crippen LogP contribution in [0.1, 0.15) is 39.3 Å². The molecule has 6 nitrogen and oxygen atoms in total. The lowest BCUT2D eigenvalue weighted by Crippen LogP contribution is -2.69. The number of piperazine rings is 1. The fraction of sp³-hybridized carbons (Fsp3) is 0.643. The van der Waals surface area contributed by atoms with Gasteiger partial charge in [0.05, 0.1) is 11.4 Å². The predicted molar refractivity (Wildman–Crippen MR) is 76.3 cm³/mol. The quantitative estimate of drug-likeness (QED) is 0.901. The maximum Gasteiger partial charge on any atom is 0.253 e. The number of hydrogen-bond donors (Lipinski definition) is 1. The second-order valence-corrected chi connectivity index (χ2v) is 5.55. The van der Waals surface area contributed by atoms with Crippen LogP contribution in [0.25, 0.3) is 0 Å². The highest BCUT2D eigenvalue weighted by Gasteiger charge is 2.47. The van der Waals surface area contributed by atoms with Gasteiger partial charge in [0.2, 0.25) is 5.91 Å². The fourth-order valence-corrected chi connectivity index (χ4v) is 2.64. The van der Waals surface area contributed by atoms with Crippen LogP contribution in [0, 0.1) is 6.92 Å². The first-order chi connectivity index (χ1) is 9.34. The van der Waals surface area contributed by atoms with Crippen LogP contribution >= 0.6 is 0 Å². The molecule has 2 atom stereocenters. The first-order valence-electron chi connectivity index (χ1n) is 7.00. The molecule has 2 heterocycles. The van der Waals surface area contributed by atoms with E-state index in [9.17, 15) is 9.59 Å². The van der Waals surface area contributed by atoms with Crippen molar-refractivity contribution in [2.75, 3.05) is 4.90 Å². The Kier molecular flexibility index (Phi) is 3.58. The highest BCUT2D eigenvalue weighted by molar-refractivity contribution is 6.10. The number of aromatic nitrogens is 2. The Balaban J connectivity index is 2.52. The number of carbonyl (C=O) groups excluding carboxylic acids is 2. The Morgan fingerprint density at radius 2 is 2.05 bits per heavy atom. The third-order valence-corrected chi connectivity index (χ3v) is 4.05. The zero-order valence-electron chi connectivity index (χ0n) is 12.7. The summed E-state index contributed by atoms with van der Waals surface area (Å²) < 4.78 is 1.67. The van der Waals surface area contributed by atoms with E-state index in [-0.39, 0.29) is 11.8 Å². The summed E-state index contributed by atoms with van der Waals surface area (Å²) in [5.74, 6) is -0.165. The van der Waals surface area contributed by atoms with E-state index in [1.165, 1.54) is 0 Å². The molecule has 6 heteroatoms. The lowest BCUT2D eigenvalue weighted by atomic mass is 9.90. The third kappa shape index (κ3) is 2.09. The normalized spacial score (nSPS) is 26.9. The van der Waals surface area contributed by atoms with Gasteiger partial charge in [0.1, 0.15) is 11.6 Å². The van der Waals surface area contributed by atoms with E-state index in [2.05, 4.69) is 10.4 Å². The van der Waals surface area contributed by atoms with Crippen LogP contribution in [0.15, 0.2) is 6.20 Å². The van der Waals surface area contributed by atoms with E-state index in [0.29, 0.717) is 12.8 Å². The zero-order chi connectivity index (χ0) is 15.1. The van der Waals surface area contributed by atoms with E-state index >= 15 is 0 Å². The number of aryl methyl sites for hydroxylation is 2. The minimum absolute atomic E-state index is 0.0671. The smallest absolute Gasteiger partial charge is 0.253 e. The van der Waals surface area contributed by atoms with Gasteiger partial charge < -0.3 is 5.32 Å². The maximum absolute atomic E-state index is 12.8. The molecule has 2 amide bonds. The van der Waals surface area contributed by atoms with E-state index in [1.807, 2.05) is 27.8 Å². The van der Waals surface area contributed by atoms with Crippen molar-refractivity contribution in [2.45, 2.75) is 52.1 Å². The van der Waals surface area contributed by atoms with Crippen molar-refractivity contribution in [1.82, 2.24) is 15.1 Å². The Hall–Kier alpha value is -1.85. The van der Waals surface area contributed by atoms with E-state index in [4.69, 9.17) is 0 Å². The molecule has 2 rings (SSSR count). The maximum atomic E-state index is 12.8. The van der Waals surface area contributed by atoms with E-state index < -0.39 is 11.6 Å². The van der Waals surface area contributed by atoms with Crippen LogP contribution in [0.5, 0.6) is 0 Å². The molecule has 0 aromatic carbocycles. The van der Waals surface area contributed by atoms with Gasteiger partial charge in [0, 0.05) is 13.2 Å². The Morgan fingerprint density at radius 3 is 2.50 bits per heavy atom. The van der Waals surface area contributed by atoms with Gasteiger partial charge in [0.25, 0.3) is 5.91 Å². The SMILES string of the molecule is CCC1C(=O)NC(C)(CC)C(=O)N1c1cn(C)nc1C. The molecule has 20 heavy (non-hydrogen) atoms. The summed E-state index contributed by atoms with van der Waals surface area (Å²) in [6, 6.07) is -0.468. The molecule has 1 aromatic heterocycles. The summed E-state index contributed by atoms with van der Waals surface area (Å²) in [5.41, 5.74) is 0.636. The minimum Gasteiger partial charge on any atom is -0.340 e. The molecule has 0 aliphatic carbocycles. The van der Waals surface area contributed by atoms with Crippen molar-refractivity contribution in [3.05, 3.63) is 11.9 Å². The number of nitrogens with one attached hydrogen (secondary N) is 1. The lowest BCUT2D eigenvalue weighted by Gasteiger charge is -2.43. The first-order valence-corrected chi connectivity index (χ1v) is 7.00. The van der Waals surface area contributed by atoms with Crippen LogP contribution < -0.4 is 10.2 Å². The molecule has 1 aromatic rings. The van der Waals surface area contributed by atoms with Gasteiger partial charge in [-0.25, -0.2) is 0 Å². The molecule has 110 valence electrons. The van der Waals surface area contributed by atoms with Crippen molar-refractivity contribution in [3.63, 3.8) is 0 Å². The highest BCUT2D eigenvalue weighted by atomic mass is 16.2. The van der Waals surface area contributed by atoms with Crippen molar-refractivity contribution in [1.29, 1.82) is 0 Å². The molecule has 1 aliphatic rings. The van der Waals surface area contributed by atoms with E-state index in [1.54, 1.807) is 22.7 Å². The number of amides is 2. The van der Waals surface area contributed by atoms with Gasteiger partial charge >= 0.3 is 0 Å². The number of rotatable bonds is 3. The molecular weight excluding hydrogens is 256 g/mol. The van der Waals surface area contributed by atoms with Crippen molar-refractivity contribution < 1.29 is 9.59 Å². The monoisotopic (exact) mass is 278 g/mol. The number of nitrogens with zero attached hydrogens (tertiary/aromatic N) is 3. The summed E-state index contributed by atoms with van der Waals surface area (Å²) in [6.45, 7) is 7.44. The summed E-state index contributed by atoms with van der Waals surface area (Å²) in [5, 5.41) is 7.14. The molecular formula is C14H22N4O2. The third-order valence-electron chi connectivity index (χ3n) is 4.05. The van der Waals surface area contributed by atoms with Crippen LogP contribution in [-0.4, -0.2) is 33.2 Å². The minimum atomic E-state index is -0.842. The first kappa shape index (κ1) is 14.6. The predicted octanol–water partition coefficient (Wildman–Crippen LogP) is 1.14. The molecule has 0 radical (unpaired) electrons. The number of anilines is 1. The Morgan fingerprint density at radius 1 is 1.40 bits per heavy atom. The lowest BCUT2D eigenvalue weighted by molar-refractivity contribution is -0.138. The van der Waals surface area contributed by atoms with Gasteiger partial charge in [-0.15, -0.1) is 0 Å². The summed E-state index contributed by atoms with van der Waals surface area (Å²) in [7, 11) is 1.81. The van der Waals surface area contributed by atoms with Crippen molar-refractivity contribution >= 4 is 17.5 Å². The standard InChI is InChI=1S/C14H22N4O2/c1-6-10-12(19)15-14(4,7-2)13(20)18(10)11-8-17(5)16-9(11)3/h8,10H,6-7H2,1-5H3,(H,15,19). The Bertz CT molecular complexity index is 551. The largest absolute Gasteiger partial charge is 0.340 e. The van der Waals surface area contributed by atoms with Crippen LogP contribution in [0.2, 0.25) is 0 Å². The second-order valence-electron chi connectivity index (χ2n) is 5.55. The summed E-state index contributed by atoms with van der Waals surface area (Å²) >= 11 is 0. The molecule has 1 saturated heterocycles. The molecule has 2 unspecified atom stereocenters. The van der Waals surface area contributed by atoms with Gasteiger partial charge in [-0.1, -0.05) is 13.8 Å². The summed E-state index contributed by atoms with van der Waals surface area (Å²) in [6.07, 6.45) is 2.93. The highest BCUT2D eigenvalue weighted by Crippen LogP contribution is 2.30. The van der Waals surface area contributed by atoms with Crippen LogP contribution in [0.3, 0.4) is 0 Å².